The van der Waals surface area contributed by atoms with Crippen LogP contribution in [0, 0.1) is 25.2 Å². The van der Waals surface area contributed by atoms with Gasteiger partial charge in [-0.15, -0.1) is 12.4 Å². The predicted octanol–water partition coefficient (Wildman–Crippen LogP) is 3.81. The zero-order valence-corrected chi connectivity index (χ0v) is 12.6. The van der Waals surface area contributed by atoms with Crippen LogP contribution in [0.3, 0.4) is 0 Å². The third kappa shape index (κ3) is 2.42. The second kappa shape index (κ2) is 5.87. The highest BCUT2D eigenvalue weighted by Gasteiger charge is 2.19. The molecule has 1 fully saturated rings. The van der Waals surface area contributed by atoms with Crippen LogP contribution in [-0.4, -0.2) is 13.1 Å². The molecule has 4 heteroatoms. The average Bonchev–Trinajstić information content (AvgIpc) is 2.75. The molecule has 1 aromatic carbocycles. The molecule has 2 heterocycles. The maximum absolute atomic E-state index is 9.34. The van der Waals surface area contributed by atoms with E-state index >= 15 is 0 Å². The van der Waals surface area contributed by atoms with Gasteiger partial charge in [-0.3, -0.25) is 0 Å². The van der Waals surface area contributed by atoms with E-state index < -0.39 is 0 Å². The molecule has 1 aliphatic heterocycles. The van der Waals surface area contributed by atoms with E-state index in [1.807, 2.05) is 13.0 Å². The van der Waals surface area contributed by atoms with Crippen LogP contribution in [0.15, 0.2) is 16.5 Å². The van der Waals surface area contributed by atoms with Crippen LogP contribution in [0.4, 0.5) is 0 Å². The summed E-state index contributed by atoms with van der Waals surface area (Å²) >= 11 is 0. The lowest BCUT2D eigenvalue weighted by Crippen LogP contribution is -2.26. The Labute approximate surface area is 125 Å². The van der Waals surface area contributed by atoms with E-state index in [0.29, 0.717) is 11.5 Å². The molecule has 0 radical (unpaired) electrons. The maximum Gasteiger partial charge on any atom is 0.152 e. The van der Waals surface area contributed by atoms with Crippen LogP contribution in [0.5, 0.6) is 0 Å². The molecule has 3 rings (SSSR count). The van der Waals surface area contributed by atoms with Gasteiger partial charge in [0.25, 0.3) is 0 Å². The van der Waals surface area contributed by atoms with E-state index in [4.69, 9.17) is 4.42 Å². The summed E-state index contributed by atoms with van der Waals surface area (Å²) in [6, 6.07) is 6.52. The molecule has 106 valence electrons. The fourth-order valence-electron chi connectivity index (χ4n) is 2.93. The van der Waals surface area contributed by atoms with Crippen LogP contribution in [0.2, 0.25) is 0 Å². The molecular formula is C16H19ClN2O. The number of hydrogen-bond acceptors (Lipinski definition) is 3. The summed E-state index contributed by atoms with van der Waals surface area (Å²) in [5.74, 6) is 1.47. The molecule has 1 N–H and O–H groups in total. The highest BCUT2D eigenvalue weighted by Crippen LogP contribution is 2.33. The van der Waals surface area contributed by atoms with Gasteiger partial charge in [-0.25, -0.2) is 0 Å². The van der Waals surface area contributed by atoms with E-state index in [1.165, 1.54) is 5.56 Å². The number of piperidine rings is 1. The van der Waals surface area contributed by atoms with Crippen molar-refractivity contribution in [3.63, 3.8) is 0 Å². The number of rotatable bonds is 1. The Balaban J connectivity index is 0.00000147. The Morgan fingerprint density at radius 2 is 1.95 bits per heavy atom. The summed E-state index contributed by atoms with van der Waals surface area (Å²) in [4.78, 5) is 0. The molecule has 0 atom stereocenters. The van der Waals surface area contributed by atoms with Crippen molar-refractivity contribution in [1.82, 2.24) is 5.32 Å². The Hall–Kier alpha value is -1.50. The van der Waals surface area contributed by atoms with Gasteiger partial charge in [-0.2, -0.15) is 5.26 Å². The number of nitriles is 1. The summed E-state index contributed by atoms with van der Waals surface area (Å²) in [5, 5.41) is 13.8. The molecule has 0 saturated carbocycles. The van der Waals surface area contributed by atoms with Gasteiger partial charge >= 0.3 is 0 Å². The molecular weight excluding hydrogens is 272 g/mol. The van der Waals surface area contributed by atoms with E-state index in [1.54, 1.807) is 0 Å². The lowest BCUT2D eigenvalue weighted by molar-refractivity contribution is 0.460. The summed E-state index contributed by atoms with van der Waals surface area (Å²) < 4.78 is 5.73. The first-order chi connectivity index (χ1) is 9.20. The lowest BCUT2D eigenvalue weighted by Gasteiger charge is -2.23. The summed E-state index contributed by atoms with van der Waals surface area (Å²) in [6.45, 7) is 6.15. The Kier molecular flexibility index (Phi) is 4.37. The zero-order valence-electron chi connectivity index (χ0n) is 11.8. The van der Waals surface area contributed by atoms with Crippen LogP contribution in [-0.2, 0) is 0 Å². The normalized spacial score (nSPS) is 15.8. The molecule has 1 aromatic heterocycles. The Bertz CT molecular complexity index is 663. The van der Waals surface area contributed by atoms with Crippen LogP contribution < -0.4 is 5.32 Å². The molecule has 0 amide bonds. The van der Waals surface area contributed by atoms with Crippen LogP contribution >= 0.6 is 12.4 Å². The molecule has 1 saturated heterocycles. The first-order valence-electron chi connectivity index (χ1n) is 6.85. The Morgan fingerprint density at radius 1 is 1.25 bits per heavy atom. The van der Waals surface area contributed by atoms with E-state index in [-0.39, 0.29) is 12.4 Å². The van der Waals surface area contributed by atoms with Crippen molar-refractivity contribution in [1.29, 1.82) is 5.26 Å². The van der Waals surface area contributed by atoms with Gasteiger partial charge in [0.1, 0.15) is 11.8 Å². The number of furan rings is 1. The number of fused-ring (bicyclic) bond motifs is 1. The second-order valence-electron chi connectivity index (χ2n) is 5.36. The highest BCUT2D eigenvalue weighted by molar-refractivity contribution is 5.87. The van der Waals surface area contributed by atoms with Crippen molar-refractivity contribution in [2.24, 2.45) is 0 Å². The van der Waals surface area contributed by atoms with E-state index in [0.717, 1.165) is 48.2 Å². The highest BCUT2D eigenvalue weighted by atomic mass is 35.5. The van der Waals surface area contributed by atoms with E-state index in [2.05, 4.69) is 24.4 Å². The van der Waals surface area contributed by atoms with Gasteiger partial charge in [0.2, 0.25) is 0 Å². The number of halogens is 1. The molecule has 2 aromatic rings. The third-order valence-corrected chi connectivity index (χ3v) is 4.23. The quantitative estimate of drug-likeness (QED) is 0.869. The fraction of sp³-hybridized carbons (Fsp3) is 0.438. The van der Waals surface area contributed by atoms with E-state index in [9.17, 15) is 5.26 Å². The summed E-state index contributed by atoms with van der Waals surface area (Å²) in [5.41, 5.74) is 3.86. The minimum Gasteiger partial charge on any atom is -0.460 e. The van der Waals surface area contributed by atoms with Crippen molar-refractivity contribution in [2.45, 2.75) is 32.6 Å². The molecule has 20 heavy (non-hydrogen) atoms. The van der Waals surface area contributed by atoms with Crippen LogP contribution in [0.1, 0.15) is 41.2 Å². The first-order valence-corrected chi connectivity index (χ1v) is 6.85. The van der Waals surface area contributed by atoms with Gasteiger partial charge in [-0.1, -0.05) is 0 Å². The average molecular weight is 291 g/mol. The minimum absolute atomic E-state index is 0. The van der Waals surface area contributed by atoms with Crippen molar-refractivity contribution in [2.75, 3.05) is 13.1 Å². The van der Waals surface area contributed by atoms with Gasteiger partial charge < -0.3 is 9.73 Å². The van der Waals surface area contributed by atoms with Crippen molar-refractivity contribution in [3.8, 4) is 6.07 Å². The maximum atomic E-state index is 9.34. The monoisotopic (exact) mass is 290 g/mol. The molecule has 0 unspecified atom stereocenters. The Morgan fingerprint density at radius 3 is 2.60 bits per heavy atom. The smallest absolute Gasteiger partial charge is 0.152 e. The second-order valence-corrected chi connectivity index (χ2v) is 5.36. The number of hydrogen-bond donors (Lipinski definition) is 1. The van der Waals surface area contributed by atoms with Gasteiger partial charge in [-0.05, 0) is 69.0 Å². The SMILES string of the molecule is Cc1oc2c(C#N)cc(C3CCNCC3)cc2c1C.Cl. The topological polar surface area (TPSA) is 49.0 Å². The van der Waals surface area contributed by atoms with Crippen LogP contribution in [0.25, 0.3) is 11.0 Å². The first kappa shape index (κ1) is 14.9. The molecule has 1 aliphatic rings. The van der Waals surface area contributed by atoms with Gasteiger partial charge in [0.15, 0.2) is 5.58 Å². The molecule has 0 bridgehead atoms. The van der Waals surface area contributed by atoms with Crippen molar-refractivity contribution >= 4 is 23.4 Å². The standard InChI is InChI=1S/C16H18N2O.ClH/c1-10-11(2)19-16-14(9-17)7-13(8-15(10)16)12-3-5-18-6-4-12;/h7-8,12,18H,3-6H2,1-2H3;1H. The van der Waals surface area contributed by atoms with Crippen molar-refractivity contribution < 1.29 is 4.42 Å². The number of nitrogens with zero attached hydrogens (tertiary/aromatic N) is 1. The number of nitrogens with one attached hydrogen (secondary N) is 1. The number of benzene rings is 1. The fourth-order valence-corrected chi connectivity index (χ4v) is 2.93. The minimum atomic E-state index is 0. The largest absolute Gasteiger partial charge is 0.460 e. The predicted molar refractivity (Wildman–Crippen MR) is 82.5 cm³/mol. The number of aryl methyl sites for hydroxylation is 2. The summed E-state index contributed by atoms with van der Waals surface area (Å²) in [6.07, 6.45) is 2.29. The molecule has 0 aliphatic carbocycles. The third-order valence-electron chi connectivity index (χ3n) is 4.23. The zero-order chi connectivity index (χ0) is 13.4. The molecule has 3 nitrogen and oxygen atoms in total. The lowest BCUT2D eigenvalue weighted by atomic mass is 9.88. The van der Waals surface area contributed by atoms with Gasteiger partial charge in [0.05, 0.1) is 5.56 Å². The van der Waals surface area contributed by atoms with Gasteiger partial charge in [0, 0.05) is 5.39 Å². The summed E-state index contributed by atoms with van der Waals surface area (Å²) in [7, 11) is 0. The van der Waals surface area contributed by atoms with Crippen molar-refractivity contribution in [3.05, 3.63) is 34.6 Å². The molecule has 0 spiro atoms.